The molecule has 12 heteroatoms. The molecule has 2 heterocycles. The fraction of sp³-hybridized carbons (Fsp3) is 0.188. The van der Waals surface area contributed by atoms with Crippen molar-refractivity contribution in [3.63, 3.8) is 0 Å². The molecule has 0 unspecified atom stereocenters. The Labute approximate surface area is 165 Å². The van der Waals surface area contributed by atoms with Crippen molar-refractivity contribution in [2.75, 3.05) is 11.1 Å². The van der Waals surface area contributed by atoms with Crippen molar-refractivity contribution >= 4 is 33.4 Å². The van der Waals surface area contributed by atoms with E-state index in [0.29, 0.717) is 28.9 Å². The van der Waals surface area contributed by atoms with Crippen molar-refractivity contribution in [3.8, 4) is 11.5 Å². The van der Waals surface area contributed by atoms with Crippen LogP contribution in [0.15, 0.2) is 52.9 Å². The Morgan fingerprint density at radius 3 is 2.57 bits per heavy atom. The second-order valence-electron chi connectivity index (χ2n) is 5.55. The number of nitrogens with two attached hydrogens (primary N) is 1. The molecule has 1 aromatic carbocycles. The molecule has 0 atom stereocenters. The van der Waals surface area contributed by atoms with E-state index in [1.165, 1.54) is 36.0 Å². The predicted molar refractivity (Wildman–Crippen MR) is 104 cm³/mol. The van der Waals surface area contributed by atoms with Crippen molar-refractivity contribution < 1.29 is 13.2 Å². The zero-order valence-corrected chi connectivity index (χ0v) is 16.4. The molecule has 0 fully saturated rings. The number of primary sulfonamides is 1. The molecule has 3 N–H and O–H groups in total. The maximum absolute atomic E-state index is 12.2. The zero-order chi connectivity index (χ0) is 20.1. The minimum Gasteiger partial charge on any atom is -0.325 e. The van der Waals surface area contributed by atoms with Crippen LogP contribution in [-0.2, 0) is 21.4 Å². The Morgan fingerprint density at radius 1 is 1.21 bits per heavy atom. The van der Waals surface area contributed by atoms with Gasteiger partial charge in [-0.25, -0.2) is 18.5 Å². The smallest absolute Gasteiger partial charge is 0.238 e. The number of hydrogen-bond acceptors (Lipinski definition) is 8. The van der Waals surface area contributed by atoms with Gasteiger partial charge in [0, 0.05) is 24.6 Å². The summed E-state index contributed by atoms with van der Waals surface area (Å²) in [6, 6.07) is 5.62. The van der Waals surface area contributed by atoms with Crippen LogP contribution in [0.2, 0.25) is 0 Å². The lowest BCUT2D eigenvalue weighted by atomic mass is 10.3. The van der Waals surface area contributed by atoms with Gasteiger partial charge in [-0.15, -0.1) is 10.2 Å². The van der Waals surface area contributed by atoms with E-state index in [1.54, 1.807) is 18.6 Å². The Kier molecular flexibility index (Phi) is 6.02. The summed E-state index contributed by atoms with van der Waals surface area (Å²) in [6.45, 7) is 2.55. The summed E-state index contributed by atoms with van der Waals surface area (Å²) in [5.74, 6) is 0.423. The Hall–Kier alpha value is -2.83. The molecule has 0 aliphatic rings. The molecule has 0 spiro atoms. The lowest BCUT2D eigenvalue weighted by Gasteiger charge is -2.07. The number of hydrogen-bond donors (Lipinski definition) is 2. The highest BCUT2D eigenvalue weighted by molar-refractivity contribution is 7.99. The Morgan fingerprint density at radius 2 is 1.96 bits per heavy atom. The van der Waals surface area contributed by atoms with Gasteiger partial charge in [-0.2, -0.15) is 0 Å². The van der Waals surface area contributed by atoms with Crippen LogP contribution < -0.4 is 10.5 Å². The van der Waals surface area contributed by atoms with Crippen LogP contribution in [0.25, 0.3) is 11.5 Å². The summed E-state index contributed by atoms with van der Waals surface area (Å²) < 4.78 is 24.4. The van der Waals surface area contributed by atoms with E-state index in [2.05, 4.69) is 25.5 Å². The van der Waals surface area contributed by atoms with Crippen LogP contribution in [0.5, 0.6) is 0 Å². The van der Waals surface area contributed by atoms with Gasteiger partial charge in [0.2, 0.25) is 15.9 Å². The number of amides is 1. The van der Waals surface area contributed by atoms with Crippen LogP contribution in [0, 0.1) is 0 Å². The third kappa shape index (κ3) is 4.71. The molecule has 0 aliphatic heterocycles. The van der Waals surface area contributed by atoms with Crippen molar-refractivity contribution in [2.24, 2.45) is 5.14 Å². The molecule has 1 amide bonds. The number of benzene rings is 1. The fourth-order valence-electron chi connectivity index (χ4n) is 2.34. The van der Waals surface area contributed by atoms with E-state index in [1.807, 2.05) is 11.5 Å². The van der Waals surface area contributed by atoms with E-state index >= 15 is 0 Å². The maximum Gasteiger partial charge on any atom is 0.238 e. The van der Waals surface area contributed by atoms with Gasteiger partial charge in [0.1, 0.15) is 5.69 Å². The lowest BCUT2D eigenvalue weighted by Crippen LogP contribution is -2.15. The van der Waals surface area contributed by atoms with Gasteiger partial charge in [-0.1, -0.05) is 11.8 Å². The number of carbonyl (C=O) groups excluding carboxylic acids is 1. The summed E-state index contributed by atoms with van der Waals surface area (Å²) in [5.41, 5.74) is 1.07. The van der Waals surface area contributed by atoms with E-state index in [-0.39, 0.29) is 16.6 Å². The number of aromatic nitrogens is 5. The summed E-state index contributed by atoms with van der Waals surface area (Å²) in [7, 11) is -3.77. The first-order valence-electron chi connectivity index (χ1n) is 8.13. The van der Waals surface area contributed by atoms with Crippen LogP contribution in [-0.4, -0.2) is 44.8 Å². The molecule has 0 saturated carbocycles. The van der Waals surface area contributed by atoms with Gasteiger partial charge < -0.3 is 9.88 Å². The van der Waals surface area contributed by atoms with E-state index in [4.69, 9.17) is 5.14 Å². The normalized spacial score (nSPS) is 11.4. The summed E-state index contributed by atoms with van der Waals surface area (Å²) in [5, 5.41) is 16.6. The molecule has 0 aliphatic carbocycles. The summed E-state index contributed by atoms with van der Waals surface area (Å²) in [4.78, 5) is 20.4. The third-order valence-electron chi connectivity index (χ3n) is 3.62. The first kappa shape index (κ1) is 19.9. The third-order valence-corrected chi connectivity index (χ3v) is 5.52. The topological polar surface area (TPSA) is 146 Å². The van der Waals surface area contributed by atoms with Crippen LogP contribution in [0.3, 0.4) is 0 Å². The maximum atomic E-state index is 12.2. The first-order chi connectivity index (χ1) is 13.4. The second kappa shape index (κ2) is 8.46. The number of rotatable bonds is 7. The minimum absolute atomic E-state index is 0.0209. The molecule has 146 valence electrons. The summed E-state index contributed by atoms with van der Waals surface area (Å²) >= 11 is 1.24. The van der Waals surface area contributed by atoms with Gasteiger partial charge in [-0.05, 0) is 31.2 Å². The number of sulfonamides is 1. The van der Waals surface area contributed by atoms with Gasteiger partial charge in [0.25, 0.3) is 0 Å². The molecule has 0 saturated heterocycles. The number of nitrogens with zero attached hydrogens (tertiary/aromatic N) is 5. The van der Waals surface area contributed by atoms with Crippen LogP contribution >= 0.6 is 11.8 Å². The summed E-state index contributed by atoms with van der Waals surface area (Å²) in [6.07, 6.45) is 4.75. The van der Waals surface area contributed by atoms with Gasteiger partial charge in [-0.3, -0.25) is 9.78 Å². The average Bonchev–Trinajstić information content (AvgIpc) is 3.10. The lowest BCUT2D eigenvalue weighted by molar-refractivity contribution is -0.113. The first-order valence-corrected chi connectivity index (χ1v) is 10.7. The molecular weight excluding hydrogens is 402 g/mol. The highest BCUT2D eigenvalue weighted by Crippen LogP contribution is 2.22. The number of anilines is 1. The van der Waals surface area contributed by atoms with Crippen molar-refractivity contribution in [2.45, 2.75) is 23.5 Å². The molecule has 0 bridgehead atoms. The molecule has 3 rings (SSSR count). The number of nitrogens with one attached hydrogen (secondary N) is 1. The standard InChI is InChI=1S/C16H17N7O3S2/c1-2-23-15(13-9-18-7-8-19-13)21-22-16(23)27-10-14(24)20-11-3-5-12(6-4-11)28(17,25)26/h3-9H,2,10H2,1H3,(H,20,24)(H2,17,25,26). The quantitative estimate of drug-likeness (QED) is 0.542. The molecule has 28 heavy (non-hydrogen) atoms. The van der Waals surface area contributed by atoms with E-state index in [9.17, 15) is 13.2 Å². The van der Waals surface area contributed by atoms with Crippen LogP contribution in [0.1, 0.15) is 6.92 Å². The van der Waals surface area contributed by atoms with E-state index in [0.717, 1.165) is 0 Å². The average molecular weight is 419 g/mol. The fourth-order valence-corrected chi connectivity index (χ4v) is 3.66. The number of carbonyl (C=O) groups is 1. The minimum atomic E-state index is -3.77. The van der Waals surface area contributed by atoms with Gasteiger partial charge in [0.05, 0.1) is 16.8 Å². The van der Waals surface area contributed by atoms with Crippen molar-refractivity contribution in [1.82, 2.24) is 24.7 Å². The SMILES string of the molecule is CCn1c(SCC(=O)Nc2ccc(S(N)(=O)=O)cc2)nnc1-c1cnccn1. The van der Waals surface area contributed by atoms with Crippen molar-refractivity contribution in [3.05, 3.63) is 42.9 Å². The Bertz CT molecular complexity index is 1070. The zero-order valence-electron chi connectivity index (χ0n) is 14.8. The highest BCUT2D eigenvalue weighted by Gasteiger charge is 2.16. The molecule has 3 aromatic rings. The molecule has 0 radical (unpaired) electrons. The van der Waals surface area contributed by atoms with Crippen LogP contribution in [0.4, 0.5) is 5.69 Å². The molecule has 2 aromatic heterocycles. The molecular formula is C16H17N7O3S2. The van der Waals surface area contributed by atoms with Gasteiger partial charge >= 0.3 is 0 Å². The number of thioether (sulfide) groups is 1. The largest absolute Gasteiger partial charge is 0.325 e. The van der Waals surface area contributed by atoms with E-state index < -0.39 is 10.0 Å². The second-order valence-corrected chi connectivity index (χ2v) is 8.05. The Balaban J connectivity index is 1.64. The highest BCUT2D eigenvalue weighted by atomic mass is 32.2. The van der Waals surface area contributed by atoms with Crippen molar-refractivity contribution in [1.29, 1.82) is 0 Å². The van der Waals surface area contributed by atoms with Gasteiger partial charge in [0.15, 0.2) is 11.0 Å². The molecule has 10 nitrogen and oxygen atoms in total. The predicted octanol–water partition coefficient (Wildman–Crippen LogP) is 1.13. The monoisotopic (exact) mass is 419 g/mol.